The Hall–Kier alpha value is -4.16. The van der Waals surface area contributed by atoms with Gasteiger partial charge >= 0.3 is 0 Å². The molecule has 5 rings (SSSR count). The minimum absolute atomic E-state index is 0.227. The molecule has 0 radical (unpaired) electrons. The second-order valence-electron chi connectivity index (χ2n) is 8.39. The van der Waals surface area contributed by atoms with E-state index in [-0.39, 0.29) is 5.56 Å². The number of nitriles is 1. The van der Waals surface area contributed by atoms with Gasteiger partial charge in [-0.1, -0.05) is 24.6 Å². The standard InChI is InChI=1S/C27H25N5O3S/c1-34-20-12-13-22(35-2)18(15-20)16-23-26(33)32(19-9-5-3-6-10-19)27(36-23)21(17-28)25-30-29-24-11-7-4-8-14-31(24)25/h3,5-6,9-10,12-13,15-16H,4,7-8,11,14H2,1-2H3/b23-16-,27-21-. The summed E-state index contributed by atoms with van der Waals surface area (Å²) in [5.41, 5.74) is 1.49. The molecular formula is C27H25N5O3S. The van der Waals surface area contributed by atoms with Crippen molar-refractivity contribution in [2.75, 3.05) is 14.2 Å². The Labute approximate surface area is 212 Å². The summed E-state index contributed by atoms with van der Waals surface area (Å²) in [6, 6.07) is 17.1. The van der Waals surface area contributed by atoms with Crippen LogP contribution in [0.1, 0.15) is 36.5 Å². The number of rotatable bonds is 5. The van der Waals surface area contributed by atoms with Gasteiger partial charge < -0.3 is 14.0 Å². The van der Waals surface area contributed by atoms with Crippen LogP contribution in [-0.2, 0) is 13.0 Å². The third kappa shape index (κ3) is 4.32. The summed E-state index contributed by atoms with van der Waals surface area (Å²) in [4.78, 5) is 13.8. The molecular weight excluding hydrogens is 474 g/mol. The van der Waals surface area contributed by atoms with E-state index in [1.807, 2.05) is 41.0 Å². The molecule has 1 aliphatic rings. The summed E-state index contributed by atoms with van der Waals surface area (Å²) in [7, 11) is 3.17. The number of fused-ring (bicyclic) bond motifs is 1. The van der Waals surface area contributed by atoms with Crippen LogP contribution in [0.25, 0.3) is 17.3 Å². The number of aryl methyl sites for hydroxylation is 1. The molecule has 0 amide bonds. The first-order valence-electron chi connectivity index (χ1n) is 11.7. The van der Waals surface area contributed by atoms with Crippen molar-refractivity contribution in [3.05, 3.63) is 85.3 Å². The van der Waals surface area contributed by atoms with Gasteiger partial charge in [-0.3, -0.25) is 9.36 Å². The molecule has 8 nitrogen and oxygen atoms in total. The fourth-order valence-corrected chi connectivity index (χ4v) is 5.51. The van der Waals surface area contributed by atoms with E-state index in [1.165, 1.54) is 11.3 Å². The van der Waals surface area contributed by atoms with Crippen LogP contribution in [-0.4, -0.2) is 33.6 Å². The highest BCUT2D eigenvalue weighted by molar-refractivity contribution is 7.07. The lowest BCUT2D eigenvalue weighted by Gasteiger charge is -2.07. The van der Waals surface area contributed by atoms with Crippen LogP contribution in [0.15, 0.2) is 53.3 Å². The Morgan fingerprint density at radius 1 is 1.08 bits per heavy atom. The molecule has 2 aromatic heterocycles. The summed E-state index contributed by atoms with van der Waals surface area (Å²) in [5, 5.41) is 19.1. The first-order valence-corrected chi connectivity index (χ1v) is 12.5. The number of thiazole rings is 1. The molecule has 0 aliphatic carbocycles. The maximum atomic E-state index is 13.8. The van der Waals surface area contributed by atoms with Crippen molar-refractivity contribution in [3.8, 4) is 23.3 Å². The minimum Gasteiger partial charge on any atom is -0.497 e. The molecule has 0 saturated heterocycles. The van der Waals surface area contributed by atoms with Gasteiger partial charge in [0.1, 0.15) is 33.6 Å². The largest absolute Gasteiger partial charge is 0.497 e. The fourth-order valence-electron chi connectivity index (χ4n) is 4.42. The molecule has 0 spiro atoms. The average molecular weight is 500 g/mol. The van der Waals surface area contributed by atoms with Gasteiger partial charge in [0.2, 0.25) is 0 Å². The highest BCUT2D eigenvalue weighted by Gasteiger charge is 2.21. The van der Waals surface area contributed by atoms with Gasteiger partial charge in [-0.05, 0) is 49.2 Å². The van der Waals surface area contributed by atoms with Crippen molar-refractivity contribution >= 4 is 23.0 Å². The molecule has 4 aromatic rings. The van der Waals surface area contributed by atoms with Crippen molar-refractivity contribution < 1.29 is 9.47 Å². The van der Waals surface area contributed by atoms with E-state index < -0.39 is 0 Å². The third-order valence-corrected chi connectivity index (χ3v) is 7.31. The van der Waals surface area contributed by atoms with Crippen LogP contribution >= 0.6 is 11.3 Å². The maximum absolute atomic E-state index is 13.8. The number of nitrogens with zero attached hydrogens (tertiary/aromatic N) is 5. The summed E-state index contributed by atoms with van der Waals surface area (Å²) in [6.07, 6.45) is 5.77. The molecule has 0 atom stereocenters. The zero-order valence-electron chi connectivity index (χ0n) is 20.1. The van der Waals surface area contributed by atoms with Crippen LogP contribution in [0.3, 0.4) is 0 Å². The number of para-hydroxylation sites is 1. The highest BCUT2D eigenvalue weighted by Crippen LogP contribution is 2.24. The molecule has 3 heterocycles. The van der Waals surface area contributed by atoms with E-state index in [1.54, 1.807) is 37.0 Å². The SMILES string of the molecule is COc1ccc(OC)c(/C=c2\s/c(=C(/C#N)c3nnc4n3CCCCC4)n(-c3ccccc3)c2=O)c1. The Morgan fingerprint density at radius 2 is 1.92 bits per heavy atom. The Balaban J connectivity index is 1.83. The third-order valence-electron chi connectivity index (χ3n) is 6.22. The lowest BCUT2D eigenvalue weighted by atomic mass is 10.2. The summed E-state index contributed by atoms with van der Waals surface area (Å²) in [6.45, 7) is 0.754. The predicted molar refractivity (Wildman–Crippen MR) is 138 cm³/mol. The van der Waals surface area contributed by atoms with Crippen LogP contribution in [0.4, 0.5) is 0 Å². The molecule has 2 aromatic carbocycles. The predicted octanol–water partition coefficient (Wildman–Crippen LogP) is 2.79. The van der Waals surface area contributed by atoms with E-state index in [9.17, 15) is 10.1 Å². The minimum atomic E-state index is -0.227. The lowest BCUT2D eigenvalue weighted by molar-refractivity contribution is 0.402. The van der Waals surface area contributed by atoms with E-state index in [0.717, 1.165) is 38.1 Å². The molecule has 36 heavy (non-hydrogen) atoms. The van der Waals surface area contributed by atoms with Crippen LogP contribution in [0, 0.1) is 11.3 Å². The van der Waals surface area contributed by atoms with Crippen LogP contribution in [0.5, 0.6) is 11.5 Å². The zero-order valence-corrected chi connectivity index (χ0v) is 20.9. The van der Waals surface area contributed by atoms with E-state index in [2.05, 4.69) is 16.3 Å². The second kappa shape index (κ2) is 10.2. The molecule has 0 bridgehead atoms. The van der Waals surface area contributed by atoms with Crippen molar-refractivity contribution in [2.24, 2.45) is 0 Å². The van der Waals surface area contributed by atoms with Gasteiger partial charge in [0.05, 0.1) is 24.4 Å². The number of aromatic nitrogens is 4. The first kappa shape index (κ1) is 23.6. The summed E-state index contributed by atoms with van der Waals surface area (Å²) < 4.78 is 15.5. The van der Waals surface area contributed by atoms with Gasteiger partial charge in [0, 0.05) is 18.5 Å². The molecule has 0 unspecified atom stereocenters. The van der Waals surface area contributed by atoms with Crippen molar-refractivity contribution in [2.45, 2.75) is 32.2 Å². The van der Waals surface area contributed by atoms with Crippen LogP contribution in [0.2, 0.25) is 0 Å². The summed E-state index contributed by atoms with van der Waals surface area (Å²) in [5.74, 6) is 2.65. The number of hydrogen-bond acceptors (Lipinski definition) is 7. The molecule has 9 heteroatoms. The van der Waals surface area contributed by atoms with Crippen LogP contribution < -0.4 is 24.2 Å². The second-order valence-corrected chi connectivity index (χ2v) is 9.42. The molecule has 1 aliphatic heterocycles. The lowest BCUT2D eigenvalue weighted by Crippen LogP contribution is -2.31. The normalized spacial score (nSPS) is 14.5. The van der Waals surface area contributed by atoms with E-state index >= 15 is 0 Å². The monoisotopic (exact) mass is 499 g/mol. The number of methoxy groups -OCH3 is 2. The highest BCUT2D eigenvalue weighted by atomic mass is 32.1. The fraction of sp³-hybridized carbons (Fsp3) is 0.259. The van der Waals surface area contributed by atoms with Gasteiger partial charge in [-0.15, -0.1) is 21.5 Å². The first-order chi connectivity index (χ1) is 17.6. The zero-order chi connectivity index (χ0) is 25.1. The van der Waals surface area contributed by atoms with E-state index in [4.69, 9.17) is 9.47 Å². The molecule has 0 N–H and O–H groups in total. The Kier molecular flexibility index (Phi) is 6.69. The average Bonchev–Trinajstić information content (AvgIpc) is 3.35. The van der Waals surface area contributed by atoms with E-state index in [0.29, 0.717) is 43.3 Å². The van der Waals surface area contributed by atoms with Gasteiger partial charge in [-0.2, -0.15) is 5.26 Å². The molecule has 182 valence electrons. The number of benzene rings is 2. The number of hydrogen-bond donors (Lipinski definition) is 0. The van der Waals surface area contributed by atoms with Crippen molar-refractivity contribution in [3.63, 3.8) is 0 Å². The van der Waals surface area contributed by atoms with Gasteiger partial charge in [0.25, 0.3) is 5.56 Å². The van der Waals surface area contributed by atoms with Gasteiger partial charge in [-0.25, -0.2) is 0 Å². The molecule has 0 fully saturated rings. The number of ether oxygens (including phenoxy) is 2. The quantitative estimate of drug-likeness (QED) is 0.419. The smallest absolute Gasteiger partial charge is 0.273 e. The summed E-state index contributed by atoms with van der Waals surface area (Å²) >= 11 is 1.25. The topological polar surface area (TPSA) is 95.0 Å². The molecule has 0 saturated carbocycles. The maximum Gasteiger partial charge on any atom is 0.273 e. The Morgan fingerprint density at radius 3 is 2.67 bits per heavy atom. The Bertz CT molecular complexity index is 1630. The van der Waals surface area contributed by atoms with Crippen molar-refractivity contribution in [1.82, 2.24) is 19.3 Å². The van der Waals surface area contributed by atoms with Crippen molar-refractivity contribution in [1.29, 1.82) is 5.26 Å². The van der Waals surface area contributed by atoms with Gasteiger partial charge in [0.15, 0.2) is 5.82 Å².